The van der Waals surface area contributed by atoms with E-state index >= 15 is 0 Å². The summed E-state index contributed by atoms with van der Waals surface area (Å²) in [6.45, 7) is 4.65. The summed E-state index contributed by atoms with van der Waals surface area (Å²) in [6, 6.07) is 6.50. The molecule has 0 aliphatic carbocycles. The van der Waals surface area contributed by atoms with E-state index in [0.29, 0.717) is 28.8 Å². The van der Waals surface area contributed by atoms with Crippen molar-refractivity contribution in [2.45, 2.75) is 6.04 Å². The number of ether oxygens (including phenoxy) is 1. The van der Waals surface area contributed by atoms with E-state index in [1.165, 1.54) is 0 Å². The van der Waals surface area contributed by atoms with E-state index in [0.717, 1.165) is 32.8 Å². The molecule has 6 nitrogen and oxygen atoms in total. The Bertz CT molecular complexity index is 625. The van der Waals surface area contributed by atoms with Gasteiger partial charge in [-0.15, -0.1) is 11.8 Å². The number of amides is 2. The van der Waals surface area contributed by atoms with Gasteiger partial charge in [0.05, 0.1) is 29.7 Å². The highest BCUT2D eigenvalue weighted by Crippen LogP contribution is 2.25. The van der Waals surface area contributed by atoms with E-state index in [4.69, 9.17) is 16.3 Å². The Morgan fingerprint density at radius 1 is 1.28 bits per heavy atom. The predicted octanol–water partition coefficient (Wildman–Crippen LogP) is 1.30. The average molecular weight is 384 g/mol. The van der Waals surface area contributed by atoms with Crippen molar-refractivity contribution in [3.8, 4) is 0 Å². The summed E-state index contributed by atoms with van der Waals surface area (Å²) in [5.41, 5.74) is 0.442. The van der Waals surface area contributed by atoms with Gasteiger partial charge in [-0.05, 0) is 12.1 Å². The van der Waals surface area contributed by atoms with Gasteiger partial charge in [0.2, 0.25) is 5.91 Å². The first-order valence-electron chi connectivity index (χ1n) is 8.38. The third kappa shape index (κ3) is 4.67. The van der Waals surface area contributed by atoms with Crippen molar-refractivity contribution in [1.29, 1.82) is 0 Å². The van der Waals surface area contributed by atoms with Gasteiger partial charge in [0.25, 0.3) is 5.91 Å². The molecule has 0 aromatic heterocycles. The third-order valence-corrected chi connectivity index (χ3v) is 5.72. The molecule has 0 bridgehead atoms. The standard InChI is InChI=1S/C17H22ClN3O3S/c18-14-4-2-1-3-13(14)17(23)21-12-25-11-15(21)16(22)19-5-6-20-7-9-24-10-8-20/h1-4,15H,5-12H2,(H,19,22). The number of hydrogen-bond donors (Lipinski definition) is 1. The van der Waals surface area contributed by atoms with Gasteiger partial charge in [-0.1, -0.05) is 23.7 Å². The summed E-state index contributed by atoms with van der Waals surface area (Å²) < 4.78 is 5.31. The normalized spacial score (nSPS) is 21.3. The highest BCUT2D eigenvalue weighted by molar-refractivity contribution is 7.99. The minimum atomic E-state index is -0.446. The van der Waals surface area contributed by atoms with E-state index in [1.807, 2.05) is 0 Å². The largest absolute Gasteiger partial charge is 0.379 e. The van der Waals surface area contributed by atoms with Crippen LogP contribution >= 0.6 is 23.4 Å². The minimum absolute atomic E-state index is 0.0985. The van der Waals surface area contributed by atoms with Crippen molar-refractivity contribution in [3.63, 3.8) is 0 Å². The molecule has 2 saturated heterocycles. The molecule has 0 spiro atoms. The van der Waals surface area contributed by atoms with Gasteiger partial charge in [-0.2, -0.15) is 0 Å². The molecular formula is C17H22ClN3O3S. The van der Waals surface area contributed by atoms with Crippen molar-refractivity contribution < 1.29 is 14.3 Å². The van der Waals surface area contributed by atoms with Gasteiger partial charge in [0.15, 0.2) is 0 Å². The molecule has 2 fully saturated rings. The van der Waals surface area contributed by atoms with Gasteiger partial charge in [0, 0.05) is 31.9 Å². The smallest absolute Gasteiger partial charge is 0.256 e. The van der Waals surface area contributed by atoms with Crippen LogP contribution in [0, 0.1) is 0 Å². The predicted molar refractivity (Wildman–Crippen MR) is 99.0 cm³/mol. The number of carbonyl (C=O) groups excluding carboxylic acids is 2. The third-order valence-electron chi connectivity index (χ3n) is 4.38. The molecule has 2 aliphatic rings. The Morgan fingerprint density at radius 2 is 2.04 bits per heavy atom. The van der Waals surface area contributed by atoms with Crippen LogP contribution in [0.3, 0.4) is 0 Å². The highest BCUT2D eigenvalue weighted by atomic mass is 35.5. The summed E-state index contributed by atoms with van der Waals surface area (Å²) in [5.74, 6) is 0.827. The fraction of sp³-hybridized carbons (Fsp3) is 0.529. The summed E-state index contributed by atoms with van der Waals surface area (Å²) >= 11 is 7.71. The fourth-order valence-electron chi connectivity index (χ4n) is 2.93. The van der Waals surface area contributed by atoms with Gasteiger partial charge in [-0.3, -0.25) is 14.5 Å². The molecular weight excluding hydrogens is 362 g/mol. The molecule has 2 aliphatic heterocycles. The van der Waals surface area contributed by atoms with Gasteiger partial charge in [-0.25, -0.2) is 0 Å². The number of benzene rings is 1. The van der Waals surface area contributed by atoms with Crippen molar-refractivity contribution in [2.75, 3.05) is 51.0 Å². The molecule has 0 radical (unpaired) electrons. The molecule has 1 unspecified atom stereocenters. The Labute approximate surface area is 156 Å². The summed E-state index contributed by atoms with van der Waals surface area (Å²) in [4.78, 5) is 29.1. The minimum Gasteiger partial charge on any atom is -0.379 e. The van der Waals surface area contributed by atoms with Gasteiger partial charge >= 0.3 is 0 Å². The summed E-state index contributed by atoms with van der Waals surface area (Å²) in [7, 11) is 0. The molecule has 0 saturated carbocycles. The second-order valence-corrected chi connectivity index (χ2v) is 7.42. The number of rotatable bonds is 5. The van der Waals surface area contributed by atoms with Crippen LogP contribution in [0.15, 0.2) is 24.3 Å². The first-order chi connectivity index (χ1) is 12.2. The summed E-state index contributed by atoms with van der Waals surface area (Å²) in [6.07, 6.45) is 0. The topological polar surface area (TPSA) is 61.9 Å². The summed E-state index contributed by atoms with van der Waals surface area (Å²) in [5, 5.41) is 3.37. The van der Waals surface area contributed by atoms with Crippen molar-refractivity contribution in [1.82, 2.24) is 15.1 Å². The van der Waals surface area contributed by atoms with Crippen LogP contribution in [-0.2, 0) is 9.53 Å². The average Bonchev–Trinajstić information content (AvgIpc) is 3.12. The quantitative estimate of drug-likeness (QED) is 0.830. The van der Waals surface area contributed by atoms with E-state index in [2.05, 4.69) is 10.2 Å². The van der Waals surface area contributed by atoms with Crippen LogP contribution in [0.2, 0.25) is 5.02 Å². The molecule has 2 amide bonds. The van der Waals surface area contributed by atoms with Crippen LogP contribution in [0.4, 0.5) is 0 Å². The van der Waals surface area contributed by atoms with E-state index in [-0.39, 0.29) is 11.8 Å². The molecule has 3 rings (SSSR count). The molecule has 1 aromatic rings. The molecule has 1 atom stereocenters. The van der Waals surface area contributed by atoms with E-state index < -0.39 is 6.04 Å². The number of hydrogen-bond acceptors (Lipinski definition) is 5. The van der Waals surface area contributed by atoms with Crippen molar-refractivity contribution in [3.05, 3.63) is 34.9 Å². The zero-order chi connectivity index (χ0) is 17.6. The number of nitrogens with zero attached hydrogens (tertiary/aromatic N) is 2. The molecule has 2 heterocycles. The monoisotopic (exact) mass is 383 g/mol. The lowest BCUT2D eigenvalue weighted by Crippen LogP contribution is -2.49. The van der Waals surface area contributed by atoms with E-state index in [1.54, 1.807) is 40.9 Å². The maximum Gasteiger partial charge on any atom is 0.256 e. The zero-order valence-corrected chi connectivity index (χ0v) is 15.5. The maximum atomic E-state index is 12.7. The Hall–Kier alpha value is -1.28. The molecule has 1 aromatic carbocycles. The molecule has 8 heteroatoms. The van der Waals surface area contributed by atoms with Crippen LogP contribution in [0.1, 0.15) is 10.4 Å². The highest BCUT2D eigenvalue weighted by Gasteiger charge is 2.35. The lowest BCUT2D eigenvalue weighted by Gasteiger charge is -2.27. The van der Waals surface area contributed by atoms with Crippen LogP contribution < -0.4 is 5.32 Å². The second kappa shape index (κ2) is 8.89. The lowest BCUT2D eigenvalue weighted by molar-refractivity contribution is -0.124. The number of nitrogens with one attached hydrogen (secondary N) is 1. The first kappa shape index (κ1) is 18.5. The van der Waals surface area contributed by atoms with Crippen molar-refractivity contribution in [2.24, 2.45) is 0 Å². The maximum absolute atomic E-state index is 12.7. The second-order valence-electron chi connectivity index (χ2n) is 6.02. The van der Waals surface area contributed by atoms with Crippen LogP contribution in [0.25, 0.3) is 0 Å². The zero-order valence-electron chi connectivity index (χ0n) is 13.9. The number of thioether (sulfide) groups is 1. The van der Waals surface area contributed by atoms with Gasteiger partial charge < -0.3 is 15.0 Å². The molecule has 25 heavy (non-hydrogen) atoms. The van der Waals surface area contributed by atoms with Crippen molar-refractivity contribution >= 4 is 35.2 Å². The van der Waals surface area contributed by atoms with Crippen LogP contribution in [0.5, 0.6) is 0 Å². The number of morpholine rings is 1. The van der Waals surface area contributed by atoms with Crippen LogP contribution in [-0.4, -0.2) is 78.7 Å². The number of halogens is 1. The molecule has 136 valence electrons. The fourth-order valence-corrected chi connectivity index (χ4v) is 4.30. The lowest BCUT2D eigenvalue weighted by atomic mass is 10.1. The first-order valence-corrected chi connectivity index (χ1v) is 9.91. The molecule has 1 N–H and O–H groups in total. The Kier molecular flexibility index (Phi) is 6.58. The Balaban J connectivity index is 1.54. The SMILES string of the molecule is O=C(NCCN1CCOCC1)C1CSCN1C(=O)c1ccccc1Cl. The van der Waals surface area contributed by atoms with Gasteiger partial charge in [0.1, 0.15) is 6.04 Å². The van der Waals surface area contributed by atoms with E-state index in [9.17, 15) is 9.59 Å². The number of carbonyl (C=O) groups is 2. The Morgan fingerprint density at radius 3 is 2.80 bits per heavy atom.